The first kappa shape index (κ1) is 15.4. The van der Waals surface area contributed by atoms with E-state index in [0.717, 1.165) is 0 Å². The summed E-state index contributed by atoms with van der Waals surface area (Å²) >= 11 is 0. The maximum absolute atomic E-state index is 11.5. The standard InChI is InChI=1S/C12H17NO4/c1-12(2,3)17-11(16)10(15)9(8-14)6-4-5-7-13/h10,15H,4-6H2,1-3H3/t10-/m0/s1. The summed E-state index contributed by atoms with van der Waals surface area (Å²) in [5.41, 5.74) is -0.798. The second kappa shape index (κ2) is 6.85. The third-order valence-corrected chi connectivity index (χ3v) is 1.83. The fourth-order valence-electron chi connectivity index (χ4n) is 1.10. The van der Waals surface area contributed by atoms with Crippen LogP contribution in [0.5, 0.6) is 0 Å². The molecule has 0 aromatic rings. The Morgan fingerprint density at radius 3 is 2.47 bits per heavy atom. The smallest absolute Gasteiger partial charge is 0.340 e. The summed E-state index contributed by atoms with van der Waals surface area (Å²) in [6.07, 6.45) is -0.768. The zero-order chi connectivity index (χ0) is 13.5. The molecule has 0 unspecified atom stereocenters. The van der Waals surface area contributed by atoms with Crippen molar-refractivity contribution >= 4 is 11.9 Å². The fourth-order valence-corrected chi connectivity index (χ4v) is 1.10. The minimum Gasteiger partial charge on any atom is -0.458 e. The summed E-state index contributed by atoms with van der Waals surface area (Å²) in [5.74, 6) is 0.666. The van der Waals surface area contributed by atoms with Gasteiger partial charge in [0.2, 0.25) is 0 Å². The Morgan fingerprint density at radius 2 is 2.06 bits per heavy atom. The molecule has 94 valence electrons. The van der Waals surface area contributed by atoms with Crippen molar-refractivity contribution in [2.75, 3.05) is 0 Å². The number of carbonyl (C=O) groups is 1. The highest BCUT2D eigenvalue weighted by Crippen LogP contribution is 2.14. The van der Waals surface area contributed by atoms with Crippen molar-refractivity contribution in [2.24, 2.45) is 0 Å². The summed E-state index contributed by atoms with van der Waals surface area (Å²) in [6, 6.07) is 1.91. The molecule has 0 amide bonds. The van der Waals surface area contributed by atoms with Gasteiger partial charge in [-0.3, -0.25) is 0 Å². The van der Waals surface area contributed by atoms with Gasteiger partial charge in [0.15, 0.2) is 6.10 Å². The van der Waals surface area contributed by atoms with Crippen LogP contribution in [0.4, 0.5) is 0 Å². The monoisotopic (exact) mass is 239 g/mol. The van der Waals surface area contributed by atoms with Crippen LogP contribution in [-0.4, -0.2) is 28.7 Å². The number of unbranched alkanes of at least 4 members (excludes halogenated alkanes) is 1. The molecule has 0 rings (SSSR count). The molecular formula is C12H17NO4. The van der Waals surface area contributed by atoms with E-state index < -0.39 is 17.7 Å². The third-order valence-electron chi connectivity index (χ3n) is 1.83. The molecule has 0 aromatic carbocycles. The van der Waals surface area contributed by atoms with E-state index in [1.165, 1.54) is 5.94 Å². The Hall–Kier alpha value is -1.63. The van der Waals surface area contributed by atoms with Gasteiger partial charge in [0.1, 0.15) is 11.5 Å². The van der Waals surface area contributed by atoms with E-state index in [2.05, 4.69) is 0 Å². The Labute approximate surface area is 101 Å². The van der Waals surface area contributed by atoms with E-state index in [-0.39, 0.29) is 18.4 Å². The summed E-state index contributed by atoms with van der Waals surface area (Å²) in [4.78, 5) is 22.1. The number of aliphatic hydroxyl groups excluding tert-OH is 1. The molecule has 0 aliphatic carbocycles. The summed E-state index contributed by atoms with van der Waals surface area (Å²) in [5, 5.41) is 17.9. The van der Waals surface area contributed by atoms with Crippen molar-refractivity contribution in [2.45, 2.75) is 51.7 Å². The molecule has 1 atom stereocenters. The molecule has 0 saturated heterocycles. The quantitative estimate of drug-likeness (QED) is 0.441. The lowest BCUT2D eigenvalue weighted by atomic mass is 10.0. The molecule has 0 aliphatic rings. The first-order valence-electron chi connectivity index (χ1n) is 5.33. The van der Waals surface area contributed by atoms with Gasteiger partial charge in [-0.05, 0) is 33.6 Å². The molecule has 1 N–H and O–H groups in total. The highest BCUT2D eigenvalue weighted by Gasteiger charge is 2.26. The van der Waals surface area contributed by atoms with Gasteiger partial charge in [0.25, 0.3) is 0 Å². The number of rotatable bonds is 5. The number of nitriles is 1. The highest BCUT2D eigenvalue weighted by molar-refractivity contribution is 5.81. The summed E-state index contributed by atoms with van der Waals surface area (Å²) in [7, 11) is 0. The number of hydrogen-bond acceptors (Lipinski definition) is 5. The Morgan fingerprint density at radius 1 is 1.47 bits per heavy atom. The number of ether oxygens (including phenoxy) is 1. The SMILES string of the molecule is CC(C)(C)OC(=O)[C@@H](O)C(=C=O)CCCC#N. The normalized spacial score (nSPS) is 12.2. The van der Waals surface area contributed by atoms with Crippen LogP contribution >= 0.6 is 0 Å². The van der Waals surface area contributed by atoms with Crippen molar-refractivity contribution in [3.63, 3.8) is 0 Å². The van der Waals surface area contributed by atoms with Crippen LogP contribution in [0.3, 0.4) is 0 Å². The van der Waals surface area contributed by atoms with E-state index >= 15 is 0 Å². The third kappa shape index (κ3) is 6.52. The Bertz CT molecular complexity index is 356. The second-order valence-corrected chi connectivity index (χ2v) is 4.57. The first-order chi connectivity index (χ1) is 7.81. The molecule has 0 radical (unpaired) electrons. The fraction of sp³-hybridized carbons (Fsp3) is 0.667. The Kier molecular flexibility index (Phi) is 6.19. The zero-order valence-electron chi connectivity index (χ0n) is 10.3. The van der Waals surface area contributed by atoms with Crippen molar-refractivity contribution in [3.05, 3.63) is 5.57 Å². The summed E-state index contributed by atoms with van der Waals surface area (Å²) < 4.78 is 4.93. The number of nitrogens with zero attached hydrogens (tertiary/aromatic N) is 1. The molecule has 0 aliphatic heterocycles. The van der Waals surface area contributed by atoms with Crippen LogP contribution < -0.4 is 0 Å². The van der Waals surface area contributed by atoms with Gasteiger partial charge in [-0.15, -0.1) is 0 Å². The van der Waals surface area contributed by atoms with Crippen molar-refractivity contribution < 1.29 is 19.4 Å². The van der Waals surface area contributed by atoms with Gasteiger partial charge >= 0.3 is 5.97 Å². The van der Waals surface area contributed by atoms with Crippen LogP contribution in [-0.2, 0) is 14.3 Å². The highest BCUT2D eigenvalue weighted by atomic mass is 16.6. The van der Waals surface area contributed by atoms with Crippen molar-refractivity contribution in [3.8, 4) is 6.07 Å². The molecule has 0 fully saturated rings. The largest absolute Gasteiger partial charge is 0.458 e. The average Bonchev–Trinajstić information content (AvgIpc) is 2.21. The predicted octanol–water partition coefficient (Wildman–Crippen LogP) is 1.14. The Balaban J connectivity index is 4.46. The van der Waals surface area contributed by atoms with Gasteiger partial charge in [0, 0.05) is 6.42 Å². The van der Waals surface area contributed by atoms with E-state index in [0.29, 0.717) is 6.42 Å². The van der Waals surface area contributed by atoms with Crippen molar-refractivity contribution in [1.29, 1.82) is 5.26 Å². The molecular weight excluding hydrogens is 222 g/mol. The van der Waals surface area contributed by atoms with Gasteiger partial charge in [-0.2, -0.15) is 5.26 Å². The zero-order valence-corrected chi connectivity index (χ0v) is 10.3. The lowest BCUT2D eigenvalue weighted by Gasteiger charge is -2.21. The average molecular weight is 239 g/mol. The van der Waals surface area contributed by atoms with Crippen LogP contribution in [0.2, 0.25) is 0 Å². The van der Waals surface area contributed by atoms with Crippen LogP contribution in [0.1, 0.15) is 40.0 Å². The van der Waals surface area contributed by atoms with Crippen LogP contribution in [0, 0.1) is 11.3 Å². The number of aliphatic hydroxyl groups is 1. The minimum absolute atomic E-state index is 0.0745. The van der Waals surface area contributed by atoms with E-state index in [9.17, 15) is 14.7 Å². The lowest BCUT2D eigenvalue weighted by Crippen LogP contribution is -2.33. The van der Waals surface area contributed by atoms with Gasteiger partial charge in [-0.25, -0.2) is 9.59 Å². The van der Waals surface area contributed by atoms with Gasteiger partial charge in [0.05, 0.1) is 11.6 Å². The van der Waals surface area contributed by atoms with Gasteiger partial charge in [-0.1, -0.05) is 0 Å². The van der Waals surface area contributed by atoms with Crippen LogP contribution in [0.15, 0.2) is 5.57 Å². The number of carbonyl (C=O) groups excluding carboxylic acids is 2. The molecule has 5 nitrogen and oxygen atoms in total. The molecule has 0 spiro atoms. The molecule has 0 aromatic heterocycles. The minimum atomic E-state index is -1.59. The summed E-state index contributed by atoms with van der Waals surface area (Å²) in [6.45, 7) is 4.99. The molecule has 17 heavy (non-hydrogen) atoms. The molecule has 5 heteroatoms. The van der Waals surface area contributed by atoms with Gasteiger partial charge < -0.3 is 9.84 Å². The first-order valence-corrected chi connectivity index (χ1v) is 5.33. The van der Waals surface area contributed by atoms with E-state index in [1.54, 1.807) is 20.8 Å². The van der Waals surface area contributed by atoms with E-state index in [1.807, 2.05) is 6.07 Å². The maximum Gasteiger partial charge on any atom is 0.340 e. The lowest BCUT2D eigenvalue weighted by molar-refractivity contribution is -0.162. The second-order valence-electron chi connectivity index (χ2n) is 4.57. The van der Waals surface area contributed by atoms with E-state index in [4.69, 9.17) is 10.00 Å². The number of esters is 1. The molecule has 0 saturated carbocycles. The molecule has 0 bridgehead atoms. The molecule has 0 heterocycles. The van der Waals surface area contributed by atoms with Crippen molar-refractivity contribution in [1.82, 2.24) is 0 Å². The number of hydrogen-bond donors (Lipinski definition) is 1. The topological polar surface area (TPSA) is 87.4 Å². The predicted molar refractivity (Wildman–Crippen MR) is 60.5 cm³/mol. The van der Waals surface area contributed by atoms with Crippen LogP contribution in [0.25, 0.3) is 0 Å². The maximum atomic E-state index is 11.5.